The fraction of sp³-hybridized carbons (Fsp3) is 0.769. The average Bonchev–Trinajstić information content (AvgIpc) is 2.96. The third-order valence-corrected chi connectivity index (χ3v) is 3.52. The van der Waals surface area contributed by atoms with E-state index in [4.69, 9.17) is 10.5 Å². The van der Waals surface area contributed by atoms with Crippen molar-refractivity contribution in [3.8, 4) is 0 Å². The maximum Gasteiger partial charge on any atom is 0.222 e. The number of nitrogens with zero attached hydrogens (tertiary/aromatic N) is 4. The van der Waals surface area contributed by atoms with Crippen LogP contribution in [0.25, 0.3) is 0 Å². The largest absolute Gasteiger partial charge is 0.378 e. The lowest BCUT2D eigenvalue weighted by molar-refractivity contribution is -0.135. The molecule has 1 aromatic heterocycles. The summed E-state index contributed by atoms with van der Waals surface area (Å²) in [5, 5.41) is 8.09. The zero-order valence-corrected chi connectivity index (χ0v) is 12.0. The Balaban J connectivity index is 1.72. The molecule has 7 heteroatoms. The number of amides is 1. The Morgan fingerprint density at radius 2 is 2.25 bits per heavy atom. The number of ether oxygens (including phenoxy) is 1. The highest BCUT2D eigenvalue weighted by molar-refractivity contribution is 5.76. The number of carbonyl (C=O) groups is 1. The van der Waals surface area contributed by atoms with Gasteiger partial charge in [0.2, 0.25) is 5.91 Å². The van der Waals surface area contributed by atoms with Crippen LogP contribution in [0.2, 0.25) is 0 Å². The second-order valence-electron chi connectivity index (χ2n) is 5.02. The summed E-state index contributed by atoms with van der Waals surface area (Å²) in [7, 11) is 0. The third kappa shape index (κ3) is 4.01. The lowest BCUT2D eigenvalue weighted by atomic mass is 10.2. The predicted molar refractivity (Wildman–Crippen MR) is 73.9 cm³/mol. The molecule has 1 unspecified atom stereocenters. The van der Waals surface area contributed by atoms with Gasteiger partial charge in [-0.15, -0.1) is 5.10 Å². The summed E-state index contributed by atoms with van der Waals surface area (Å²) in [6.07, 6.45) is 4.01. The molecule has 2 N–H and O–H groups in total. The van der Waals surface area contributed by atoms with E-state index in [9.17, 15) is 4.79 Å². The van der Waals surface area contributed by atoms with E-state index in [1.165, 1.54) is 0 Å². The van der Waals surface area contributed by atoms with E-state index in [1.54, 1.807) is 4.68 Å². The summed E-state index contributed by atoms with van der Waals surface area (Å²) in [5.41, 5.74) is 6.71. The second-order valence-corrected chi connectivity index (χ2v) is 5.02. The number of aromatic nitrogens is 3. The van der Waals surface area contributed by atoms with Crippen molar-refractivity contribution in [3.63, 3.8) is 0 Å². The van der Waals surface area contributed by atoms with Crippen molar-refractivity contribution >= 4 is 5.91 Å². The fourth-order valence-electron chi connectivity index (χ4n) is 2.16. The van der Waals surface area contributed by atoms with Gasteiger partial charge in [0.05, 0.1) is 31.1 Å². The SMILES string of the molecule is CCC(N)c1cn(CCCC(=O)N2CCOCC2)nn1. The molecule has 0 saturated carbocycles. The third-order valence-electron chi connectivity index (χ3n) is 3.52. The van der Waals surface area contributed by atoms with Crippen molar-refractivity contribution in [2.75, 3.05) is 26.3 Å². The molecule has 20 heavy (non-hydrogen) atoms. The molecule has 1 aliphatic heterocycles. The molecule has 7 nitrogen and oxygen atoms in total. The van der Waals surface area contributed by atoms with Crippen molar-refractivity contribution in [2.45, 2.75) is 38.8 Å². The molecule has 0 spiro atoms. The van der Waals surface area contributed by atoms with E-state index in [0.717, 1.165) is 18.5 Å². The first kappa shape index (κ1) is 14.9. The van der Waals surface area contributed by atoms with Gasteiger partial charge in [0.15, 0.2) is 0 Å². The molecule has 1 saturated heterocycles. The first-order chi connectivity index (χ1) is 9.70. The number of hydrogen-bond donors (Lipinski definition) is 1. The van der Waals surface area contributed by atoms with Gasteiger partial charge in [-0.3, -0.25) is 9.48 Å². The summed E-state index contributed by atoms with van der Waals surface area (Å²) in [6, 6.07) is -0.0567. The summed E-state index contributed by atoms with van der Waals surface area (Å²) < 4.78 is 6.99. The Morgan fingerprint density at radius 1 is 1.50 bits per heavy atom. The van der Waals surface area contributed by atoms with E-state index >= 15 is 0 Å². The highest BCUT2D eigenvalue weighted by Gasteiger charge is 2.16. The number of hydrogen-bond acceptors (Lipinski definition) is 5. The number of aryl methyl sites for hydroxylation is 1. The van der Waals surface area contributed by atoms with Crippen LogP contribution in [0.4, 0.5) is 0 Å². The number of morpholine rings is 1. The topological polar surface area (TPSA) is 86.3 Å². The standard InChI is InChI=1S/C13H23N5O2/c1-2-11(14)12-10-18(16-15-12)5-3-4-13(19)17-6-8-20-9-7-17/h10-11H,2-9,14H2,1H3. The van der Waals surface area contributed by atoms with Gasteiger partial charge in [-0.2, -0.15) is 0 Å². The smallest absolute Gasteiger partial charge is 0.222 e. The Kier molecular flexibility index (Phi) is 5.49. The maximum absolute atomic E-state index is 12.0. The Labute approximate surface area is 119 Å². The van der Waals surface area contributed by atoms with Gasteiger partial charge >= 0.3 is 0 Å². The molecule has 0 radical (unpaired) electrons. The molecule has 0 aliphatic carbocycles. The van der Waals surface area contributed by atoms with Gasteiger partial charge in [0.25, 0.3) is 0 Å². The van der Waals surface area contributed by atoms with Crippen LogP contribution in [0, 0.1) is 0 Å². The Morgan fingerprint density at radius 3 is 2.95 bits per heavy atom. The van der Waals surface area contributed by atoms with Crippen LogP contribution in [0.5, 0.6) is 0 Å². The summed E-state index contributed by atoms with van der Waals surface area (Å²) in [6.45, 7) is 5.42. The van der Waals surface area contributed by atoms with Crippen molar-refractivity contribution in [2.24, 2.45) is 5.73 Å². The predicted octanol–water partition coefficient (Wildman–Crippen LogP) is 0.327. The first-order valence-electron chi connectivity index (χ1n) is 7.22. The van der Waals surface area contributed by atoms with E-state index in [0.29, 0.717) is 39.3 Å². The molecule has 2 rings (SSSR count). The highest BCUT2D eigenvalue weighted by Crippen LogP contribution is 2.09. The van der Waals surface area contributed by atoms with Crippen LogP contribution < -0.4 is 5.73 Å². The van der Waals surface area contributed by atoms with Gasteiger partial charge in [-0.05, 0) is 12.8 Å². The van der Waals surface area contributed by atoms with Gasteiger partial charge < -0.3 is 15.4 Å². The molecule has 1 aromatic rings. The van der Waals surface area contributed by atoms with E-state index < -0.39 is 0 Å². The van der Waals surface area contributed by atoms with Crippen molar-refractivity contribution < 1.29 is 9.53 Å². The van der Waals surface area contributed by atoms with Crippen molar-refractivity contribution in [1.29, 1.82) is 0 Å². The van der Waals surface area contributed by atoms with Crippen LogP contribution in [-0.4, -0.2) is 52.1 Å². The summed E-state index contributed by atoms with van der Waals surface area (Å²) >= 11 is 0. The van der Waals surface area contributed by atoms with Gasteiger partial charge in [-0.25, -0.2) is 0 Å². The van der Waals surface area contributed by atoms with Crippen LogP contribution >= 0.6 is 0 Å². The van der Waals surface area contributed by atoms with Gasteiger partial charge in [0.1, 0.15) is 0 Å². The molecule has 1 amide bonds. The quantitative estimate of drug-likeness (QED) is 0.812. The molecule has 2 heterocycles. The Bertz CT molecular complexity index is 428. The number of nitrogens with two attached hydrogens (primary N) is 1. The molecule has 1 atom stereocenters. The van der Waals surface area contributed by atoms with Crippen LogP contribution in [0.3, 0.4) is 0 Å². The molecular formula is C13H23N5O2. The molecule has 0 aromatic carbocycles. The monoisotopic (exact) mass is 281 g/mol. The molecular weight excluding hydrogens is 258 g/mol. The zero-order valence-electron chi connectivity index (χ0n) is 12.0. The van der Waals surface area contributed by atoms with Crippen molar-refractivity contribution in [3.05, 3.63) is 11.9 Å². The maximum atomic E-state index is 12.0. The minimum absolute atomic E-state index is 0.0567. The molecule has 1 aliphatic rings. The first-order valence-corrected chi connectivity index (χ1v) is 7.22. The zero-order chi connectivity index (χ0) is 14.4. The normalized spacial score (nSPS) is 17.2. The molecule has 1 fully saturated rings. The van der Waals surface area contributed by atoms with Crippen LogP contribution in [-0.2, 0) is 16.1 Å². The minimum atomic E-state index is -0.0567. The van der Waals surface area contributed by atoms with E-state index in [-0.39, 0.29) is 11.9 Å². The summed E-state index contributed by atoms with van der Waals surface area (Å²) in [4.78, 5) is 13.8. The van der Waals surface area contributed by atoms with Crippen LogP contribution in [0.15, 0.2) is 6.20 Å². The Hall–Kier alpha value is -1.47. The lowest BCUT2D eigenvalue weighted by Crippen LogP contribution is -2.40. The van der Waals surface area contributed by atoms with E-state index in [1.807, 2.05) is 18.0 Å². The number of carbonyl (C=O) groups excluding carboxylic acids is 1. The fourth-order valence-corrected chi connectivity index (χ4v) is 2.16. The lowest BCUT2D eigenvalue weighted by Gasteiger charge is -2.26. The van der Waals surface area contributed by atoms with Gasteiger partial charge in [-0.1, -0.05) is 12.1 Å². The second kappa shape index (κ2) is 7.35. The molecule has 112 valence electrons. The van der Waals surface area contributed by atoms with E-state index in [2.05, 4.69) is 10.3 Å². The summed E-state index contributed by atoms with van der Waals surface area (Å²) in [5.74, 6) is 0.193. The van der Waals surface area contributed by atoms with Crippen LogP contribution in [0.1, 0.15) is 37.9 Å². The average molecular weight is 281 g/mol. The molecule has 0 bridgehead atoms. The number of rotatable bonds is 6. The van der Waals surface area contributed by atoms with Crippen molar-refractivity contribution in [1.82, 2.24) is 19.9 Å². The van der Waals surface area contributed by atoms with Gasteiger partial charge in [0, 0.05) is 26.1 Å². The highest BCUT2D eigenvalue weighted by atomic mass is 16.5. The minimum Gasteiger partial charge on any atom is -0.378 e.